The third kappa shape index (κ3) is 5.14. The van der Waals surface area contributed by atoms with E-state index in [4.69, 9.17) is 0 Å². The fraction of sp³-hybridized carbons (Fsp3) is 0.846. The molecule has 18 heavy (non-hydrogen) atoms. The summed E-state index contributed by atoms with van der Waals surface area (Å²) in [6.07, 6.45) is 3.73. The maximum atomic E-state index is 4.38. The van der Waals surface area contributed by atoms with Crippen molar-refractivity contribution in [1.29, 1.82) is 0 Å². The standard InChI is InChI=1S/C13H27N5/c1-11(2)9-18-13(15-10-16-18)8-12(14-3)6-7-17(4)5/h10-12,14H,6-9H2,1-5H3. The minimum Gasteiger partial charge on any atom is -0.317 e. The van der Waals surface area contributed by atoms with E-state index in [0.717, 1.165) is 31.8 Å². The Morgan fingerprint density at radius 2 is 2.11 bits per heavy atom. The second-order valence-corrected chi connectivity index (χ2v) is 5.53. The van der Waals surface area contributed by atoms with E-state index in [1.54, 1.807) is 6.33 Å². The number of rotatable bonds is 8. The molecule has 0 aliphatic rings. The molecule has 1 atom stereocenters. The van der Waals surface area contributed by atoms with Crippen molar-refractivity contribution < 1.29 is 0 Å². The Hall–Kier alpha value is -0.940. The molecule has 1 N–H and O–H groups in total. The van der Waals surface area contributed by atoms with Gasteiger partial charge in [0, 0.05) is 19.0 Å². The molecule has 104 valence electrons. The van der Waals surface area contributed by atoms with E-state index in [9.17, 15) is 0 Å². The van der Waals surface area contributed by atoms with Gasteiger partial charge < -0.3 is 10.2 Å². The minimum atomic E-state index is 0.461. The summed E-state index contributed by atoms with van der Waals surface area (Å²) < 4.78 is 2.03. The van der Waals surface area contributed by atoms with Crippen LogP contribution in [0.3, 0.4) is 0 Å². The highest BCUT2D eigenvalue weighted by atomic mass is 15.3. The fourth-order valence-corrected chi connectivity index (χ4v) is 1.93. The molecule has 5 heteroatoms. The summed E-state index contributed by atoms with van der Waals surface area (Å²) >= 11 is 0. The Balaban J connectivity index is 2.55. The Morgan fingerprint density at radius 3 is 2.67 bits per heavy atom. The molecule has 0 aliphatic heterocycles. The van der Waals surface area contributed by atoms with Crippen molar-refractivity contribution in [3.8, 4) is 0 Å². The fourth-order valence-electron chi connectivity index (χ4n) is 1.93. The summed E-state index contributed by atoms with van der Waals surface area (Å²) in [4.78, 5) is 6.59. The number of nitrogens with one attached hydrogen (secondary N) is 1. The Kier molecular flexibility index (Phi) is 6.29. The van der Waals surface area contributed by atoms with Crippen molar-refractivity contribution in [2.45, 2.75) is 39.3 Å². The van der Waals surface area contributed by atoms with Crippen LogP contribution in [0.4, 0.5) is 0 Å². The molecule has 0 bridgehead atoms. The van der Waals surface area contributed by atoms with Crippen molar-refractivity contribution in [1.82, 2.24) is 25.0 Å². The Bertz CT molecular complexity index is 332. The van der Waals surface area contributed by atoms with Gasteiger partial charge in [0.1, 0.15) is 12.2 Å². The summed E-state index contributed by atoms with van der Waals surface area (Å²) in [5.74, 6) is 1.68. The number of nitrogens with zero attached hydrogens (tertiary/aromatic N) is 4. The minimum absolute atomic E-state index is 0.461. The van der Waals surface area contributed by atoms with Crippen molar-refractivity contribution in [2.24, 2.45) is 5.92 Å². The van der Waals surface area contributed by atoms with E-state index in [-0.39, 0.29) is 0 Å². The first kappa shape index (κ1) is 15.1. The van der Waals surface area contributed by atoms with Crippen LogP contribution in [-0.4, -0.2) is 53.4 Å². The normalized spacial score (nSPS) is 13.5. The summed E-state index contributed by atoms with van der Waals surface area (Å²) in [7, 11) is 6.23. The van der Waals surface area contributed by atoms with Crippen molar-refractivity contribution in [3.05, 3.63) is 12.2 Å². The van der Waals surface area contributed by atoms with Gasteiger partial charge in [0.25, 0.3) is 0 Å². The van der Waals surface area contributed by atoms with Crippen LogP contribution in [0.15, 0.2) is 6.33 Å². The second-order valence-electron chi connectivity index (χ2n) is 5.53. The summed E-state index contributed by atoms with van der Waals surface area (Å²) in [6, 6.07) is 0.461. The van der Waals surface area contributed by atoms with E-state index in [1.807, 2.05) is 11.7 Å². The van der Waals surface area contributed by atoms with Gasteiger partial charge >= 0.3 is 0 Å². The van der Waals surface area contributed by atoms with Gasteiger partial charge in [0.05, 0.1) is 0 Å². The third-order valence-electron chi connectivity index (χ3n) is 3.00. The molecule has 0 amide bonds. The summed E-state index contributed by atoms with van der Waals surface area (Å²) in [5.41, 5.74) is 0. The summed E-state index contributed by atoms with van der Waals surface area (Å²) in [5, 5.41) is 7.67. The van der Waals surface area contributed by atoms with Crippen LogP contribution in [0.25, 0.3) is 0 Å². The SMILES string of the molecule is CNC(CCN(C)C)Cc1ncnn1CC(C)C. The number of aromatic nitrogens is 3. The molecule has 1 rings (SSSR count). The lowest BCUT2D eigenvalue weighted by molar-refractivity contribution is 0.358. The average molecular weight is 253 g/mol. The molecular formula is C13H27N5. The second kappa shape index (κ2) is 7.48. The van der Waals surface area contributed by atoms with Gasteiger partial charge in [-0.15, -0.1) is 0 Å². The smallest absolute Gasteiger partial charge is 0.138 e. The van der Waals surface area contributed by atoms with Gasteiger partial charge in [0.2, 0.25) is 0 Å². The zero-order chi connectivity index (χ0) is 13.5. The Morgan fingerprint density at radius 1 is 1.39 bits per heavy atom. The van der Waals surface area contributed by atoms with Crippen LogP contribution in [0.5, 0.6) is 0 Å². The number of hydrogen-bond acceptors (Lipinski definition) is 4. The molecule has 0 saturated heterocycles. The van der Waals surface area contributed by atoms with E-state index < -0.39 is 0 Å². The van der Waals surface area contributed by atoms with Gasteiger partial charge in [-0.05, 0) is 40.0 Å². The molecule has 1 aromatic heterocycles. The molecular weight excluding hydrogens is 226 g/mol. The number of hydrogen-bond donors (Lipinski definition) is 1. The molecule has 0 spiro atoms. The highest BCUT2D eigenvalue weighted by Crippen LogP contribution is 2.06. The maximum absolute atomic E-state index is 4.38. The molecule has 0 saturated carbocycles. The highest BCUT2D eigenvalue weighted by Gasteiger charge is 2.13. The molecule has 1 aromatic rings. The first-order valence-electron chi connectivity index (χ1n) is 6.71. The molecule has 0 aromatic carbocycles. The van der Waals surface area contributed by atoms with Gasteiger partial charge in [-0.25, -0.2) is 9.67 Å². The van der Waals surface area contributed by atoms with E-state index in [1.165, 1.54) is 0 Å². The summed E-state index contributed by atoms with van der Waals surface area (Å²) in [6.45, 7) is 6.43. The lowest BCUT2D eigenvalue weighted by Gasteiger charge is -2.19. The molecule has 0 radical (unpaired) electrons. The third-order valence-corrected chi connectivity index (χ3v) is 3.00. The highest BCUT2D eigenvalue weighted by molar-refractivity contribution is 4.90. The predicted molar refractivity (Wildman–Crippen MR) is 74.6 cm³/mol. The molecule has 0 fully saturated rings. The molecule has 0 aliphatic carbocycles. The van der Waals surface area contributed by atoms with E-state index in [0.29, 0.717) is 12.0 Å². The van der Waals surface area contributed by atoms with Gasteiger partial charge in [0.15, 0.2) is 0 Å². The van der Waals surface area contributed by atoms with Crippen molar-refractivity contribution in [3.63, 3.8) is 0 Å². The van der Waals surface area contributed by atoms with Crippen LogP contribution < -0.4 is 5.32 Å². The monoisotopic (exact) mass is 253 g/mol. The lowest BCUT2D eigenvalue weighted by Crippen LogP contribution is -2.32. The maximum Gasteiger partial charge on any atom is 0.138 e. The lowest BCUT2D eigenvalue weighted by atomic mass is 10.1. The van der Waals surface area contributed by atoms with Crippen LogP contribution in [0, 0.1) is 5.92 Å². The molecule has 1 unspecified atom stereocenters. The van der Waals surface area contributed by atoms with Gasteiger partial charge in [-0.2, -0.15) is 5.10 Å². The number of likely N-dealkylation sites (N-methyl/N-ethyl adjacent to an activating group) is 1. The van der Waals surface area contributed by atoms with Gasteiger partial charge in [-0.3, -0.25) is 0 Å². The largest absolute Gasteiger partial charge is 0.317 e. The Labute approximate surface area is 111 Å². The van der Waals surface area contributed by atoms with Crippen LogP contribution >= 0.6 is 0 Å². The van der Waals surface area contributed by atoms with Crippen molar-refractivity contribution in [2.75, 3.05) is 27.7 Å². The van der Waals surface area contributed by atoms with Crippen LogP contribution in [-0.2, 0) is 13.0 Å². The van der Waals surface area contributed by atoms with Gasteiger partial charge in [-0.1, -0.05) is 13.8 Å². The van der Waals surface area contributed by atoms with E-state index >= 15 is 0 Å². The zero-order valence-corrected chi connectivity index (χ0v) is 12.3. The topological polar surface area (TPSA) is 46.0 Å². The molecule has 5 nitrogen and oxygen atoms in total. The quantitative estimate of drug-likeness (QED) is 0.751. The first-order valence-corrected chi connectivity index (χ1v) is 6.71. The predicted octanol–water partition coefficient (Wildman–Crippen LogP) is 1.02. The van der Waals surface area contributed by atoms with E-state index in [2.05, 4.69) is 48.2 Å². The van der Waals surface area contributed by atoms with Crippen LogP contribution in [0.1, 0.15) is 26.1 Å². The average Bonchev–Trinajstić information content (AvgIpc) is 2.70. The van der Waals surface area contributed by atoms with Crippen molar-refractivity contribution >= 4 is 0 Å². The zero-order valence-electron chi connectivity index (χ0n) is 12.3. The first-order chi connectivity index (χ1) is 8.52. The molecule has 1 heterocycles. The van der Waals surface area contributed by atoms with Crippen LogP contribution in [0.2, 0.25) is 0 Å².